The molecular weight excluding hydrogens is 666 g/mol. The number of ether oxygens (including phenoxy) is 2. The van der Waals surface area contributed by atoms with Crippen LogP contribution < -0.4 is 16.0 Å². The molecule has 13 nitrogen and oxygen atoms in total. The van der Waals surface area contributed by atoms with Crippen molar-refractivity contribution in [2.45, 2.75) is 78.2 Å². The van der Waals surface area contributed by atoms with E-state index in [9.17, 15) is 29.4 Å². The maximum absolute atomic E-state index is 14.3. The normalized spacial score (nSPS) is 13.9. The van der Waals surface area contributed by atoms with E-state index in [0.717, 1.165) is 29.5 Å². The highest BCUT2D eigenvalue weighted by Gasteiger charge is 2.41. The van der Waals surface area contributed by atoms with Gasteiger partial charge in [0.25, 0.3) is 0 Å². The van der Waals surface area contributed by atoms with Crippen molar-refractivity contribution >= 4 is 24.0 Å². The van der Waals surface area contributed by atoms with Crippen LogP contribution in [0.2, 0.25) is 0 Å². The zero-order valence-corrected chi connectivity index (χ0v) is 31.1. The lowest BCUT2D eigenvalue weighted by molar-refractivity contribution is -0.131. The number of hydrogen-bond donors (Lipinski definition) is 5. The zero-order valence-electron chi connectivity index (χ0n) is 31.1. The Morgan fingerprint density at radius 2 is 1.48 bits per heavy atom. The first kappa shape index (κ1) is 41.4. The van der Waals surface area contributed by atoms with Gasteiger partial charge in [-0.15, -0.1) is 0 Å². The molecule has 5 N–H and O–H groups in total. The molecule has 52 heavy (non-hydrogen) atoms. The van der Waals surface area contributed by atoms with E-state index in [1.807, 2.05) is 93.6 Å². The van der Waals surface area contributed by atoms with Crippen LogP contribution in [0.1, 0.15) is 52.2 Å². The number of benzene rings is 2. The molecule has 0 radical (unpaired) electrons. The van der Waals surface area contributed by atoms with Gasteiger partial charge in [0.05, 0.1) is 32.6 Å². The number of rotatable bonds is 16. The van der Waals surface area contributed by atoms with Crippen LogP contribution in [-0.2, 0) is 32.0 Å². The lowest BCUT2D eigenvalue weighted by Crippen LogP contribution is -2.58. The Morgan fingerprint density at radius 1 is 0.827 bits per heavy atom. The van der Waals surface area contributed by atoms with Crippen LogP contribution in [0.15, 0.2) is 79.0 Å². The highest BCUT2D eigenvalue weighted by molar-refractivity contribution is 5.87. The maximum Gasteiger partial charge on any atom is 0.410 e. The first-order valence-electron chi connectivity index (χ1n) is 17.2. The lowest BCUT2D eigenvalue weighted by Gasteiger charge is -2.39. The summed E-state index contributed by atoms with van der Waals surface area (Å²) in [6.45, 7) is 8.30. The fourth-order valence-electron chi connectivity index (χ4n) is 5.88. The number of alkyl carbamates (subject to hydrolysis) is 1. The van der Waals surface area contributed by atoms with Crippen molar-refractivity contribution in [1.82, 2.24) is 25.8 Å². The molecule has 0 saturated carbocycles. The van der Waals surface area contributed by atoms with Crippen molar-refractivity contribution in [2.24, 2.45) is 10.8 Å². The highest BCUT2D eigenvalue weighted by Crippen LogP contribution is 2.28. The third kappa shape index (κ3) is 12.1. The van der Waals surface area contributed by atoms with E-state index < -0.39 is 65.7 Å². The van der Waals surface area contributed by atoms with Crippen molar-refractivity contribution in [1.29, 1.82) is 0 Å². The summed E-state index contributed by atoms with van der Waals surface area (Å²) in [7, 11) is 2.43. The van der Waals surface area contributed by atoms with Crippen LogP contribution in [0.5, 0.6) is 0 Å². The number of carbonyl (C=O) groups excluding carboxylic acids is 4. The average Bonchev–Trinajstić information content (AvgIpc) is 3.12. The van der Waals surface area contributed by atoms with Gasteiger partial charge in [-0.05, 0) is 41.5 Å². The quantitative estimate of drug-likeness (QED) is 0.146. The van der Waals surface area contributed by atoms with E-state index >= 15 is 0 Å². The van der Waals surface area contributed by atoms with Gasteiger partial charge in [-0.3, -0.25) is 19.5 Å². The van der Waals surface area contributed by atoms with E-state index in [-0.39, 0.29) is 19.5 Å². The lowest BCUT2D eigenvalue weighted by atomic mass is 9.84. The average molecular weight is 720 g/mol. The standard InChI is InChI=1S/C39H53N5O8/c1-38(2,3)33(44(37(50)52-7)24-27-13-9-8-10-14-27)35(48)42-29(21-26-16-18-28(19-17-26)31-15-11-12-20-40-31)22-30(46)23-41-34(47)32(39(4,5)25-45)43-36(49)51-6/h8-20,29-30,32-33,45-46H,21-25H2,1-7H3,(H,41,47)(H,42,48)(H,43,49). The van der Waals surface area contributed by atoms with Gasteiger partial charge in [-0.25, -0.2) is 9.59 Å². The zero-order chi connectivity index (χ0) is 38.5. The molecule has 13 heteroatoms. The van der Waals surface area contributed by atoms with Crippen molar-refractivity contribution in [2.75, 3.05) is 27.4 Å². The Hall–Kier alpha value is -5.01. The van der Waals surface area contributed by atoms with Crippen molar-refractivity contribution in [3.63, 3.8) is 0 Å². The summed E-state index contributed by atoms with van der Waals surface area (Å²) in [6.07, 6.45) is -0.580. The van der Waals surface area contributed by atoms with Gasteiger partial charge in [0.2, 0.25) is 11.8 Å². The topological polar surface area (TPSA) is 179 Å². The SMILES string of the molecule is COC(=O)NC(C(=O)NCC(O)CC(Cc1ccc(-c2ccccn2)cc1)NC(=O)C(N(Cc1ccccc1)C(=O)OC)C(C)(C)C)C(C)(C)CO. The van der Waals surface area contributed by atoms with Gasteiger partial charge in [0, 0.05) is 36.3 Å². The smallest absolute Gasteiger partial charge is 0.410 e. The van der Waals surface area contributed by atoms with Crippen molar-refractivity contribution in [3.8, 4) is 11.3 Å². The molecule has 4 atom stereocenters. The second-order valence-corrected chi connectivity index (χ2v) is 14.5. The highest BCUT2D eigenvalue weighted by atomic mass is 16.5. The Balaban J connectivity index is 1.88. The Kier molecular flexibility index (Phi) is 15.1. The summed E-state index contributed by atoms with van der Waals surface area (Å²) >= 11 is 0. The molecule has 0 aliphatic heterocycles. The molecule has 0 spiro atoms. The van der Waals surface area contributed by atoms with Crippen LogP contribution in [-0.4, -0.2) is 95.7 Å². The van der Waals surface area contributed by atoms with Crippen molar-refractivity contribution in [3.05, 3.63) is 90.1 Å². The molecule has 1 heterocycles. The van der Waals surface area contributed by atoms with Crippen LogP contribution in [0.3, 0.4) is 0 Å². The summed E-state index contributed by atoms with van der Waals surface area (Å²) in [5.74, 6) is -1.07. The molecule has 0 fully saturated rings. The number of amides is 4. The third-order valence-electron chi connectivity index (χ3n) is 8.70. The molecule has 3 aromatic rings. The number of nitrogens with zero attached hydrogens (tertiary/aromatic N) is 2. The largest absolute Gasteiger partial charge is 0.453 e. The third-order valence-corrected chi connectivity index (χ3v) is 8.70. The van der Waals surface area contributed by atoms with E-state index in [1.54, 1.807) is 20.0 Å². The predicted molar refractivity (Wildman–Crippen MR) is 197 cm³/mol. The second kappa shape index (κ2) is 19.0. The minimum Gasteiger partial charge on any atom is -0.453 e. The Morgan fingerprint density at radius 3 is 2.04 bits per heavy atom. The number of nitrogens with one attached hydrogen (secondary N) is 3. The predicted octanol–water partition coefficient (Wildman–Crippen LogP) is 4.07. The number of aliphatic hydroxyl groups is 2. The molecule has 0 saturated heterocycles. The second-order valence-electron chi connectivity index (χ2n) is 14.5. The minimum absolute atomic E-state index is 0.0280. The van der Waals surface area contributed by atoms with Gasteiger partial charge in [-0.1, -0.05) is 95.3 Å². The summed E-state index contributed by atoms with van der Waals surface area (Å²) < 4.78 is 9.79. The number of hydrogen-bond acceptors (Lipinski definition) is 9. The molecule has 0 aliphatic rings. The molecule has 2 aromatic carbocycles. The monoisotopic (exact) mass is 719 g/mol. The van der Waals surface area contributed by atoms with Gasteiger partial charge in [0.15, 0.2) is 0 Å². The van der Waals surface area contributed by atoms with E-state index in [1.165, 1.54) is 12.0 Å². The molecule has 0 aliphatic carbocycles. The minimum atomic E-state index is -1.16. The fraction of sp³-hybridized carbons (Fsp3) is 0.462. The molecule has 4 unspecified atom stereocenters. The van der Waals surface area contributed by atoms with E-state index in [2.05, 4.69) is 25.7 Å². The Labute approximate surface area is 306 Å². The van der Waals surface area contributed by atoms with Crippen LogP contribution in [0.25, 0.3) is 11.3 Å². The van der Waals surface area contributed by atoms with Crippen LogP contribution in [0, 0.1) is 10.8 Å². The Bertz CT molecular complexity index is 1600. The molecule has 1 aromatic heterocycles. The first-order chi connectivity index (χ1) is 24.6. The number of methoxy groups -OCH3 is 2. The van der Waals surface area contributed by atoms with E-state index in [4.69, 9.17) is 4.74 Å². The van der Waals surface area contributed by atoms with E-state index in [0.29, 0.717) is 6.42 Å². The molecule has 4 amide bonds. The van der Waals surface area contributed by atoms with Gasteiger partial charge >= 0.3 is 12.2 Å². The first-order valence-corrected chi connectivity index (χ1v) is 17.2. The number of aliphatic hydroxyl groups excluding tert-OH is 2. The molecule has 0 bridgehead atoms. The molecule has 282 valence electrons. The van der Waals surface area contributed by atoms with Gasteiger partial charge < -0.3 is 35.6 Å². The van der Waals surface area contributed by atoms with Crippen molar-refractivity contribution < 1.29 is 38.9 Å². The summed E-state index contributed by atoms with van der Waals surface area (Å²) in [4.78, 5) is 58.5. The maximum atomic E-state index is 14.3. The summed E-state index contributed by atoms with van der Waals surface area (Å²) in [6, 6.07) is 19.9. The number of pyridine rings is 1. The summed E-state index contributed by atoms with van der Waals surface area (Å²) in [5.41, 5.74) is 1.63. The van der Waals surface area contributed by atoms with Crippen LogP contribution >= 0.6 is 0 Å². The summed E-state index contributed by atoms with van der Waals surface area (Å²) in [5, 5.41) is 29.3. The number of aromatic nitrogens is 1. The molecule has 3 rings (SSSR count). The number of carbonyl (C=O) groups is 4. The van der Waals surface area contributed by atoms with Gasteiger partial charge in [0.1, 0.15) is 12.1 Å². The van der Waals surface area contributed by atoms with Crippen LogP contribution in [0.4, 0.5) is 9.59 Å². The fourth-order valence-corrected chi connectivity index (χ4v) is 5.88. The molecular formula is C39H53N5O8. The van der Waals surface area contributed by atoms with Gasteiger partial charge in [-0.2, -0.15) is 0 Å².